The molecule has 2 aliphatic heterocycles. The second-order valence-corrected chi connectivity index (χ2v) is 8.48. The van der Waals surface area contributed by atoms with Gasteiger partial charge in [0.05, 0.1) is 12.1 Å². The molecule has 29 heavy (non-hydrogen) atoms. The maximum atomic E-state index is 13.7. The quantitative estimate of drug-likeness (QED) is 0.761. The summed E-state index contributed by atoms with van der Waals surface area (Å²) in [5, 5.41) is 6.10. The fourth-order valence-corrected chi connectivity index (χ4v) is 4.18. The highest BCUT2D eigenvalue weighted by Gasteiger charge is 2.25. The number of rotatable bonds is 6. The molecule has 0 aromatic heterocycles. The first-order chi connectivity index (χ1) is 13.9. The molecule has 3 rings (SSSR count). The lowest BCUT2D eigenvalue weighted by molar-refractivity contribution is -0.123. The number of benzene rings is 1. The highest BCUT2D eigenvalue weighted by molar-refractivity contribution is 5.94. The van der Waals surface area contributed by atoms with E-state index in [0.29, 0.717) is 12.6 Å². The molecule has 2 N–H and O–H groups in total. The van der Waals surface area contributed by atoms with Gasteiger partial charge >= 0.3 is 0 Å². The van der Waals surface area contributed by atoms with E-state index in [9.17, 15) is 14.0 Å². The zero-order valence-electron chi connectivity index (χ0n) is 17.5. The number of piperidine rings is 2. The fourth-order valence-electron chi connectivity index (χ4n) is 4.18. The van der Waals surface area contributed by atoms with E-state index >= 15 is 0 Å². The van der Waals surface area contributed by atoms with E-state index in [1.54, 1.807) is 12.1 Å². The molecule has 2 heterocycles. The normalized spacial score (nSPS) is 20.0. The first kappa shape index (κ1) is 21.7. The highest BCUT2D eigenvalue weighted by atomic mass is 19.1. The van der Waals surface area contributed by atoms with Gasteiger partial charge in [-0.1, -0.05) is 12.1 Å². The first-order valence-corrected chi connectivity index (χ1v) is 10.7. The van der Waals surface area contributed by atoms with Crippen LogP contribution in [0.3, 0.4) is 0 Å². The van der Waals surface area contributed by atoms with Crippen LogP contribution in [-0.4, -0.2) is 72.5 Å². The van der Waals surface area contributed by atoms with Crippen LogP contribution in [0.1, 0.15) is 49.9 Å². The topological polar surface area (TPSA) is 64.7 Å². The van der Waals surface area contributed by atoms with E-state index in [2.05, 4.69) is 34.3 Å². The number of hydrogen-bond donors (Lipinski definition) is 2. The van der Waals surface area contributed by atoms with Gasteiger partial charge in [0.25, 0.3) is 5.91 Å². The minimum Gasteiger partial charge on any atom is -0.352 e. The lowest BCUT2D eigenvalue weighted by Gasteiger charge is -2.35. The van der Waals surface area contributed by atoms with Gasteiger partial charge in [-0.25, -0.2) is 4.39 Å². The molecular formula is C22H33FN4O2. The number of halogens is 1. The van der Waals surface area contributed by atoms with E-state index in [1.807, 2.05) is 0 Å². The Hall–Kier alpha value is -1.99. The van der Waals surface area contributed by atoms with Gasteiger partial charge in [-0.2, -0.15) is 0 Å². The van der Waals surface area contributed by atoms with Crippen molar-refractivity contribution in [1.29, 1.82) is 0 Å². The summed E-state index contributed by atoms with van der Waals surface area (Å²) in [5.74, 6) is -0.785. The Bertz CT molecular complexity index is 696. The van der Waals surface area contributed by atoms with Crippen molar-refractivity contribution in [3.05, 3.63) is 35.6 Å². The Kier molecular flexibility index (Phi) is 7.61. The summed E-state index contributed by atoms with van der Waals surface area (Å²) in [4.78, 5) is 29.2. The number of hydrogen-bond acceptors (Lipinski definition) is 4. The molecule has 0 spiro atoms. The molecule has 0 atom stereocenters. The minimum atomic E-state index is -0.502. The molecule has 1 aromatic carbocycles. The summed E-state index contributed by atoms with van der Waals surface area (Å²) >= 11 is 0. The molecule has 0 bridgehead atoms. The van der Waals surface area contributed by atoms with Crippen molar-refractivity contribution >= 4 is 11.8 Å². The maximum absolute atomic E-state index is 13.7. The largest absolute Gasteiger partial charge is 0.352 e. The van der Waals surface area contributed by atoms with Crippen molar-refractivity contribution in [2.45, 2.75) is 57.7 Å². The Labute approximate surface area is 172 Å². The molecule has 0 unspecified atom stereocenters. The predicted molar refractivity (Wildman–Crippen MR) is 111 cm³/mol. The molecule has 1 aromatic rings. The second-order valence-electron chi connectivity index (χ2n) is 8.48. The van der Waals surface area contributed by atoms with E-state index in [0.717, 1.165) is 51.9 Å². The summed E-state index contributed by atoms with van der Waals surface area (Å²) in [6, 6.07) is 6.87. The monoisotopic (exact) mass is 404 g/mol. The third-order valence-corrected chi connectivity index (χ3v) is 6.03. The number of carbonyl (C=O) groups excluding carboxylic acids is 2. The first-order valence-electron chi connectivity index (χ1n) is 10.7. The third-order valence-electron chi connectivity index (χ3n) is 6.03. The van der Waals surface area contributed by atoms with Crippen molar-refractivity contribution in [2.24, 2.45) is 0 Å². The van der Waals surface area contributed by atoms with Crippen LogP contribution in [-0.2, 0) is 4.79 Å². The molecule has 6 nitrogen and oxygen atoms in total. The van der Waals surface area contributed by atoms with Gasteiger partial charge in [0, 0.05) is 44.3 Å². The van der Waals surface area contributed by atoms with Crippen LogP contribution in [0.2, 0.25) is 0 Å². The zero-order chi connectivity index (χ0) is 20.8. The molecule has 2 saturated heterocycles. The van der Waals surface area contributed by atoms with Crippen molar-refractivity contribution in [3.8, 4) is 0 Å². The molecule has 0 aliphatic carbocycles. The Morgan fingerprint density at radius 2 is 1.59 bits per heavy atom. The molecular weight excluding hydrogens is 371 g/mol. The fraction of sp³-hybridized carbons (Fsp3) is 0.636. The number of nitrogens with one attached hydrogen (secondary N) is 2. The van der Waals surface area contributed by atoms with Crippen LogP contribution in [0.5, 0.6) is 0 Å². The van der Waals surface area contributed by atoms with Gasteiger partial charge < -0.3 is 15.5 Å². The predicted octanol–water partition coefficient (Wildman–Crippen LogP) is 2.01. The molecule has 0 saturated carbocycles. The van der Waals surface area contributed by atoms with Gasteiger partial charge in [0.2, 0.25) is 5.91 Å². The van der Waals surface area contributed by atoms with Crippen molar-refractivity contribution < 1.29 is 14.0 Å². The van der Waals surface area contributed by atoms with Gasteiger partial charge in [-0.05, 0) is 51.7 Å². The SMILES string of the molecule is CC(C)N1CCC(NC(=O)CN2CCC(NC(=O)c3ccccc3F)CC2)CC1. The molecule has 2 amide bonds. The van der Waals surface area contributed by atoms with Crippen LogP contribution in [0.25, 0.3) is 0 Å². The number of carbonyl (C=O) groups is 2. The Morgan fingerprint density at radius 3 is 2.21 bits per heavy atom. The van der Waals surface area contributed by atoms with E-state index in [4.69, 9.17) is 0 Å². The molecule has 2 fully saturated rings. The number of nitrogens with zero attached hydrogens (tertiary/aromatic N) is 2. The minimum absolute atomic E-state index is 0.0155. The summed E-state index contributed by atoms with van der Waals surface area (Å²) in [7, 11) is 0. The highest BCUT2D eigenvalue weighted by Crippen LogP contribution is 2.14. The summed E-state index contributed by atoms with van der Waals surface area (Å²) < 4.78 is 13.7. The van der Waals surface area contributed by atoms with Crippen molar-refractivity contribution in [1.82, 2.24) is 20.4 Å². The molecule has 0 radical (unpaired) electrons. The second kappa shape index (κ2) is 10.2. The number of likely N-dealkylation sites (tertiary alicyclic amines) is 2. The van der Waals surface area contributed by atoms with Gasteiger partial charge in [0.1, 0.15) is 5.82 Å². The van der Waals surface area contributed by atoms with Gasteiger partial charge in [-0.15, -0.1) is 0 Å². The van der Waals surface area contributed by atoms with Crippen molar-refractivity contribution in [3.63, 3.8) is 0 Å². The van der Waals surface area contributed by atoms with Crippen LogP contribution >= 0.6 is 0 Å². The molecule has 2 aliphatic rings. The standard InChI is InChI=1S/C22H33FN4O2/c1-16(2)27-13-9-17(10-14-27)24-21(28)15-26-11-7-18(8-12-26)25-22(29)19-5-3-4-6-20(19)23/h3-6,16-18H,7-15H2,1-2H3,(H,24,28)(H,25,29). The molecule has 160 valence electrons. The van der Waals surface area contributed by atoms with Crippen LogP contribution in [0, 0.1) is 5.82 Å². The Morgan fingerprint density at radius 1 is 1.00 bits per heavy atom. The van der Waals surface area contributed by atoms with Crippen molar-refractivity contribution in [2.75, 3.05) is 32.7 Å². The smallest absolute Gasteiger partial charge is 0.254 e. The maximum Gasteiger partial charge on any atom is 0.254 e. The van der Waals surface area contributed by atoms with Gasteiger partial charge in [0.15, 0.2) is 0 Å². The van der Waals surface area contributed by atoms with E-state index in [1.165, 1.54) is 12.1 Å². The average Bonchev–Trinajstić information content (AvgIpc) is 2.70. The van der Waals surface area contributed by atoms with Gasteiger partial charge in [-0.3, -0.25) is 14.5 Å². The zero-order valence-corrected chi connectivity index (χ0v) is 17.5. The summed E-state index contributed by atoms with van der Waals surface area (Å²) in [5.41, 5.74) is 0.0813. The van der Waals surface area contributed by atoms with E-state index in [-0.39, 0.29) is 29.5 Å². The summed E-state index contributed by atoms with van der Waals surface area (Å²) in [6.45, 7) is 8.40. The summed E-state index contributed by atoms with van der Waals surface area (Å²) in [6.07, 6.45) is 3.54. The Balaban J connectivity index is 1.36. The van der Waals surface area contributed by atoms with Crippen LogP contribution in [0.15, 0.2) is 24.3 Å². The lowest BCUT2D eigenvalue weighted by Crippen LogP contribution is -2.50. The van der Waals surface area contributed by atoms with E-state index < -0.39 is 5.82 Å². The lowest BCUT2D eigenvalue weighted by atomic mass is 10.0. The number of amides is 2. The third kappa shape index (κ3) is 6.24. The van der Waals surface area contributed by atoms with Crippen LogP contribution in [0.4, 0.5) is 4.39 Å². The average molecular weight is 405 g/mol. The van der Waals surface area contributed by atoms with Crippen LogP contribution < -0.4 is 10.6 Å². The molecule has 7 heteroatoms.